The third kappa shape index (κ3) is 4.18. The van der Waals surface area contributed by atoms with Crippen molar-refractivity contribution < 1.29 is 22.8 Å². The normalized spacial score (nSPS) is 20.7. The van der Waals surface area contributed by atoms with Gasteiger partial charge in [-0.3, -0.25) is 14.6 Å². The molecule has 3 aromatic rings. The second-order valence-corrected chi connectivity index (χ2v) is 8.30. The molecule has 33 heavy (non-hydrogen) atoms. The summed E-state index contributed by atoms with van der Waals surface area (Å²) < 4.78 is 37.9. The quantitative estimate of drug-likeness (QED) is 0.612. The van der Waals surface area contributed by atoms with Gasteiger partial charge in [-0.1, -0.05) is 0 Å². The van der Waals surface area contributed by atoms with E-state index in [1.807, 2.05) is 0 Å². The number of rotatable bonds is 3. The zero-order valence-electron chi connectivity index (χ0n) is 17.3. The predicted octanol–water partition coefficient (Wildman–Crippen LogP) is 2.62. The molecule has 4 heterocycles. The second kappa shape index (κ2) is 7.98. The van der Waals surface area contributed by atoms with Crippen LogP contribution in [0.3, 0.4) is 0 Å². The van der Waals surface area contributed by atoms with Gasteiger partial charge in [-0.15, -0.1) is 0 Å². The molecule has 0 radical (unpaired) electrons. The Hall–Kier alpha value is -3.76. The van der Waals surface area contributed by atoms with Crippen molar-refractivity contribution >= 4 is 28.9 Å². The number of aromatic amines is 1. The molecule has 2 amide bonds. The fraction of sp³-hybridized carbons (Fsp3) is 0.318. The van der Waals surface area contributed by atoms with E-state index in [1.165, 1.54) is 18.2 Å². The van der Waals surface area contributed by atoms with Crippen molar-refractivity contribution in [2.24, 2.45) is 11.8 Å². The highest BCUT2D eigenvalue weighted by atomic mass is 19.4. The summed E-state index contributed by atoms with van der Waals surface area (Å²) in [5.74, 6) is 0.0819. The number of carbonyl (C=O) groups excluding carboxylic acids is 2. The van der Waals surface area contributed by atoms with Crippen molar-refractivity contribution in [1.82, 2.24) is 30.2 Å². The number of nitrogens with one attached hydrogen (secondary N) is 1. The molecular weight excluding hydrogens is 437 g/mol. The second-order valence-electron chi connectivity index (χ2n) is 8.30. The number of H-pyrrole nitrogens is 1. The van der Waals surface area contributed by atoms with Crippen LogP contribution in [0.1, 0.15) is 21.6 Å². The molecule has 170 valence electrons. The smallest absolute Gasteiger partial charge is 0.338 e. The molecule has 1 N–H and O–H groups in total. The first-order valence-corrected chi connectivity index (χ1v) is 10.4. The van der Waals surface area contributed by atoms with Gasteiger partial charge in [-0.2, -0.15) is 28.6 Å². The molecule has 2 saturated heterocycles. The minimum absolute atomic E-state index is 0.0690. The maximum absolute atomic E-state index is 12.9. The van der Waals surface area contributed by atoms with E-state index < -0.39 is 11.7 Å². The van der Waals surface area contributed by atoms with E-state index in [4.69, 9.17) is 0 Å². The number of benzene rings is 1. The van der Waals surface area contributed by atoms with Crippen molar-refractivity contribution in [2.75, 3.05) is 26.2 Å². The average Bonchev–Trinajstić information content (AvgIpc) is 3.50. The Bertz CT molecular complexity index is 1220. The van der Waals surface area contributed by atoms with Crippen LogP contribution in [-0.4, -0.2) is 68.2 Å². The molecule has 2 atom stereocenters. The SMILES string of the molecule is O=C(/C=C/c1ccc(C(F)(F)F)cn1)N1CC2CN(C(=O)c3ccc4n[nH]nc4c3)C[C@H]2C1. The van der Waals surface area contributed by atoms with Gasteiger partial charge in [0.05, 0.1) is 11.3 Å². The first-order valence-electron chi connectivity index (χ1n) is 10.4. The molecule has 2 fully saturated rings. The van der Waals surface area contributed by atoms with Crippen molar-refractivity contribution in [1.29, 1.82) is 0 Å². The fourth-order valence-electron chi connectivity index (χ4n) is 4.43. The topological polar surface area (TPSA) is 95.1 Å². The highest BCUT2D eigenvalue weighted by molar-refractivity contribution is 5.97. The van der Waals surface area contributed by atoms with Gasteiger partial charge >= 0.3 is 6.18 Å². The largest absolute Gasteiger partial charge is 0.417 e. The van der Waals surface area contributed by atoms with Gasteiger partial charge in [-0.25, -0.2) is 0 Å². The monoisotopic (exact) mass is 456 g/mol. The maximum Gasteiger partial charge on any atom is 0.417 e. The van der Waals surface area contributed by atoms with Gasteiger partial charge in [-0.05, 0) is 36.4 Å². The van der Waals surface area contributed by atoms with E-state index >= 15 is 0 Å². The molecule has 5 rings (SSSR count). The fourth-order valence-corrected chi connectivity index (χ4v) is 4.43. The minimum atomic E-state index is -4.45. The summed E-state index contributed by atoms with van der Waals surface area (Å²) in [5.41, 5.74) is 1.32. The van der Waals surface area contributed by atoms with Crippen molar-refractivity contribution in [3.05, 3.63) is 59.4 Å². The Labute approximate surface area is 186 Å². The summed E-state index contributed by atoms with van der Waals surface area (Å²) in [7, 11) is 0. The van der Waals surface area contributed by atoms with Crippen molar-refractivity contribution in [3.8, 4) is 0 Å². The van der Waals surface area contributed by atoms with E-state index in [9.17, 15) is 22.8 Å². The summed E-state index contributed by atoms with van der Waals surface area (Å²) in [6.45, 7) is 2.18. The first kappa shape index (κ1) is 21.1. The number of halogens is 3. The summed E-state index contributed by atoms with van der Waals surface area (Å²) in [6.07, 6.45) is -0.966. The van der Waals surface area contributed by atoms with Crippen LogP contribution in [-0.2, 0) is 11.0 Å². The molecular formula is C22H19F3N6O2. The number of hydrogen-bond donors (Lipinski definition) is 1. The number of pyridine rings is 1. The summed E-state index contributed by atoms with van der Waals surface area (Å²) in [5, 5.41) is 10.5. The first-order chi connectivity index (χ1) is 15.8. The van der Waals surface area contributed by atoms with Crippen LogP contribution in [0.4, 0.5) is 13.2 Å². The Kier molecular flexibility index (Phi) is 5.10. The lowest BCUT2D eigenvalue weighted by Gasteiger charge is -2.21. The maximum atomic E-state index is 12.9. The predicted molar refractivity (Wildman–Crippen MR) is 112 cm³/mol. The van der Waals surface area contributed by atoms with Crippen LogP contribution in [0.15, 0.2) is 42.6 Å². The van der Waals surface area contributed by atoms with Gasteiger partial charge in [0.1, 0.15) is 11.0 Å². The molecule has 1 unspecified atom stereocenters. The van der Waals surface area contributed by atoms with Crippen LogP contribution in [0, 0.1) is 11.8 Å². The van der Waals surface area contributed by atoms with E-state index in [1.54, 1.807) is 28.0 Å². The molecule has 11 heteroatoms. The number of aromatic nitrogens is 4. The highest BCUT2D eigenvalue weighted by Gasteiger charge is 2.42. The van der Waals surface area contributed by atoms with Gasteiger partial charge in [0.2, 0.25) is 5.91 Å². The Morgan fingerprint density at radius 2 is 1.67 bits per heavy atom. The number of nitrogens with zero attached hydrogens (tertiary/aromatic N) is 5. The van der Waals surface area contributed by atoms with Gasteiger partial charge in [0.15, 0.2) is 0 Å². The van der Waals surface area contributed by atoms with Crippen LogP contribution in [0.5, 0.6) is 0 Å². The van der Waals surface area contributed by atoms with Crippen LogP contribution < -0.4 is 0 Å². The van der Waals surface area contributed by atoms with Crippen LogP contribution >= 0.6 is 0 Å². The number of carbonyl (C=O) groups is 2. The Morgan fingerprint density at radius 1 is 0.970 bits per heavy atom. The lowest BCUT2D eigenvalue weighted by Crippen LogP contribution is -2.35. The molecule has 0 aliphatic carbocycles. The number of likely N-dealkylation sites (tertiary alicyclic amines) is 2. The lowest BCUT2D eigenvalue weighted by molar-refractivity contribution is -0.137. The zero-order valence-corrected chi connectivity index (χ0v) is 17.3. The Morgan fingerprint density at radius 3 is 2.33 bits per heavy atom. The number of alkyl halides is 3. The minimum Gasteiger partial charge on any atom is -0.338 e. The molecule has 0 saturated carbocycles. The standard InChI is InChI=1S/C22H19F3N6O2/c23-22(24,25)16-2-3-17(26-8-16)4-6-20(32)30-9-14-11-31(12-15(14)10-30)21(33)13-1-5-18-19(7-13)28-29-27-18/h1-8,14-15H,9-12H2,(H,27,28,29)/b6-4+/t14-,15?/m1/s1. The van der Waals surface area contributed by atoms with E-state index in [0.717, 1.165) is 12.3 Å². The van der Waals surface area contributed by atoms with Gasteiger partial charge in [0.25, 0.3) is 5.91 Å². The molecule has 2 aromatic heterocycles. The third-order valence-electron chi connectivity index (χ3n) is 6.16. The summed E-state index contributed by atoms with van der Waals surface area (Å²) in [4.78, 5) is 32.7. The zero-order chi connectivity index (χ0) is 23.2. The van der Waals surface area contributed by atoms with Crippen LogP contribution in [0.25, 0.3) is 17.1 Å². The van der Waals surface area contributed by atoms with E-state index in [2.05, 4.69) is 20.4 Å². The molecule has 2 aliphatic rings. The number of fused-ring (bicyclic) bond motifs is 2. The van der Waals surface area contributed by atoms with E-state index in [0.29, 0.717) is 42.8 Å². The van der Waals surface area contributed by atoms with Gasteiger partial charge < -0.3 is 9.80 Å². The summed E-state index contributed by atoms with van der Waals surface area (Å²) >= 11 is 0. The molecule has 0 bridgehead atoms. The molecule has 2 aliphatic heterocycles. The molecule has 8 nitrogen and oxygen atoms in total. The highest BCUT2D eigenvalue weighted by Crippen LogP contribution is 2.32. The van der Waals surface area contributed by atoms with Crippen LogP contribution in [0.2, 0.25) is 0 Å². The van der Waals surface area contributed by atoms with Gasteiger partial charge in [0, 0.05) is 55.9 Å². The average molecular weight is 456 g/mol. The number of hydrogen-bond acceptors (Lipinski definition) is 5. The van der Waals surface area contributed by atoms with Crippen molar-refractivity contribution in [3.63, 3.8) is 0 Å². The summed E-state index contributed by atoms with van der Waals surface area (Å²) in [6, 6.07) is 7.36. The van der Waals surface area contributed by atoms with Crippen molar-refractivity contribution in [2.45, 2.75) is 6.18 Å². The Balaban J connectivity index is 1.17. The molecule has 0 spiro atoms. The van der Waals surface area contributed by atoms with E-state index in [-0.39, 0.29) is 29.3 Å². The lowest BCUT2D eigenvalue weighted by atomic mass is 10.0. The number of amides is 2. The molecule has 1 aromatic carbocycles. The third-order valence-corrected chi connectivity index (χ3v) is 6.16.